The number of carbonyl (C=O) groups excluding carboxylic acids is 2. The second-order valence-corrected chi connectivity index (χ2v) is 6.67. The van der Waals surface area contributed by atoms with Gasteiger partial charge in [-0.2, -0.15) is 4.39 Å². The van der Waals surface area contributed by atoms with Crippen molar-refractivity contribution in [2.45, 2.75) is 39.3 Å². The molecule has 1 aromatic heterocycles. The molecule has 148 valence electrons. The topological polar surface area (TPSA) is 71.5 Å². The molecule has 8 heteroatoms. The molecular weight excluding hydrogens is 368 g/mol. The van der Waals surface area contributed by atoms with Crippen LogP contribution in [0.2, 0.25) is 0 Å². The van der Waals surface area contributed by atoms with Crippen LogP contribution in [0.25, 0.3) is 0 Å². The SMILES string of the molecule is CC(=O)N1CCC[C@H]1C(=O)NCc1cccnc1Oc1ccc(C)c(F)c1F. The molecule has 0 spiro atoms. The summed E-state index contributed by atoms with van der Waals surface area (Å²) in [4.78, 5) is 29.7. The molecular formula is C20H21F2N3O3. The predicted octanol–water partition coefficient (Wildman–Crippen LogP) is 3.09. The van der Waals surface area contributed by atoms with Crippen molar-refractivity contribution in [1.29, 1.82) is 0 Å². The van der Waals surface area contributed by atoms with Gasteiger partial charge in [0.05, 0.1) is 0 Å². The molecule has 0 saturated carbocycles. The Morgan fingerprint density at radius 3 is 2.82 bits per heavy atom. The Morgan fingerprint density at radius 2 is 2.07 bits per heavy atom. The molecule has 28 heavy (non-hydrogen) atoms. The fraction of sp³-hybridized carbons (Fsp3) is 0.350. The molecule has 1 aliphatic rings. The number of nitrogens with zero attached hydrogens (tertiary/aromatic N) is 2. The van der Waals surface area contributed by atoms with Crippen LogP contribution in [0.4, 0.5) is 8.78 Å². The Bertz CT molecular complexity index is 904. The maximum atomic E-state index is 14.1. The van der Waals surface area contributed by atoms with Gasteiger partial charge in [0.1, 0.15) is 6.04 Å². The number of ether oxygens (including phenoxy) is 1. The van der Waals surface area contributed by atoms with E-state index in [1.165, 1.54) is 32.2 Å². The first kappa shape index (κ1) is 19.7. The highest BCUT2D eigenvalue weighted by molar-refractivity contribution is 5.87. The van der Waals surface area contributed by atoms with Crippen LogP contribution in [0.5, 0.6) is 11.6 Å². The lowest BCUT2D eigenvalue weighted by atomic mass is 10.2. The number of pyridine rings is 1. The quantitative estimate of drug-likeness (QED) is 0.853. The second kappa shape index (κ2) is 8.33. The summed E-state index contributed by atoms with van der Waals surface area (Å²) < 4.78 is 33.3. The van der Waals surface area contributed by atoms with Crippen LogP contribution in [0.3, 0.4) is 0 Å². The summed E-state index contributed by atoms with van der Waals surface area (Å²) in [6, 6.07) is 5.56. The van der Waals surface area contributed by atoms with E-state index in [4.69, 9.17) is 4.74 Å². The molecule has 0 aliphatic carbocycles. The fourth-order valence-electron chi connectivity index (χ4n) is 3.18. The number of amides is 2. The van der Waals surface area contributed by atoms with Crippen molar-refractivity contribution in [2.75, 3.05) is 6.54 Å². The van der Waals surface area contributed by atoms with E-state index in [-0.39, 0.29) is 35.6 Å². The van der Waals surface area contributed by atoms with Crippen LogP contribution in [0.15, 0.2) is 30.5 Å². The number of aromatic nitrogens is 1. The van der Waals surface area contributed by atoms with Crippen molar-refractivity contribution >= 4 is 11.8 Å². The maximum Gasteiger partial charge on any atom is 0.243 e. The minimum atomic E-state index is -1.09. The molecule has 2 aromatic rings. The summed E-state index contributed by atoms with van der Waals surface area (Å²) >= 11 is 0. The monoisotopic (exact) mass is 389 g/mol. The van der Waals surface area contributed by atoms with E-state index < -0.39 is 17.7 Å². The average molecular weight is 389 g/mol. The molecule has 1 N–H and O–H groups in total. The van der Waals surface area contributed by atoms with Crippen LogP contribution in [0, 0.1) is 18.6 Å². The van der Waals surface area contributed by atoms with Crippen molar-refractivity contribution in [3.8, 4) is 11.6 Å². The lowest BCUT2D eigenvalue weighted by Crippen LogP contribution is -2.44. The van der Waals surface area contributed by atoms with E-state index >= 15 is 0 Å². The Balaban J connectivity index is 1.72. The number of rotatable bonds is 5. The van der Waals surface area contributed by atoms with Gasteiger partial charge < -0.3 is 15.0 Å². The molecule has 0 radical (unpaired) electrons. The Kier molecular flexibility index (Phi) is 5.87. The smallest absolute Gasteiger partial charge is 0.243 e. The molecule has 6 nitrogen and oxygen atoms in total. The van der Waals surface area contributed by atoms with Gasteiger partial charge in [0.15, 0.2) is 11.6 Å². The van der Waals surface area contributed by atoms with E-state index in [0.717, 1.165) is 6.42 Å². The van der Waals surface area contributed by atoms with Crippen LogP contribution in [0.1, 0.15) is 30.9 Å². The average Bonchev–Trinajstić information content (AvgIpc) is 3.18. The molecule has 0 bridgehead atoms. The van der Waals surface area contributed by atoms with Gasteiger partial charge >= 0.3 is 0 Å². The lowest BCUT2D eigenvalue weighted by molar-refractivity contribution is -0.136. The summed E-state index contributed by atoms with van der Waals surface area (Å²) in [5, 5.41) is 2.77. The van der Waals surface area contributed by atoms with Crippen molar-refractivity contribution in [2.24, 2.45) is 0 Å². The predicted molar refractivity (Wildman–Crippen MR) is 97.7 cm³/mol. The standard InChI is InChI=1S/C20H21F2N3O3/c1-12-7-8-16(18(22)17(12)21)28-20-14(5-3-9-23-20)11-24-19(27)15-6-4-10-25(15)13(2)26/h3,5,7-9,15H,4,6,10-11H2,1-2H3,(H,24,27)/t15-/m0/s1. The minimum Gasteiger partial charge on any atom is -0.435 e. The molecule has 2 heterocycles. The summed E-state index contributed by atoms with van der Waals surface area (Å²) in [6.45, 7) is 3.54. The fourth-order valence-corrected chi connectivity index (χ4v) is 3.18. The molecule has 1 fully saturated rings. The third-order valence-electron chi connectivity index (χ3n) is 4.71. The van der Waals surface area contributed by atoms with Crippen molar-refractivity contribution in [3.05, 3.63) is 53.2 Å². The number of hydrogen-bond acceptors (Lipinski definition) is 4. The zero-order valence-electron chi connectivity index (χ0n) is 15.7. The summed E-state index contributed by atoms with van der Waals surface area (Å²) in [5.41, 5.74) is 0.675. The number of benzene rings is 1. The van der Waals surface area contributed by atoms with E-state index in [0.29, 0.717) is 18.5 Å². The van der Waals surface area contributed by atoms with Gasteiger partial charge in [-0.25, -0.2) is 9.37 Å². The highest BCUT2D eigenvalue weighted by Crippen LogP contribution is 2.28. The second-order valence-electron chi connectivity index (χ2n) is 6.67. The molecule has 1 atom stereocenters. The van der Waals surface area contributed by atoms with Crippen LogP contribution in [-0.2, 0) is 16.1 Å². The van der Waals surface area contributed by atoms with Gasteiger partial charge in [-0.15, -0.1) is 0 Å². The largest absolute Gasteiger partial charge is 0.435 e. The molecule has 3 rings (SSSR count). The van der Waals surface area contributed by atoms with E-state index in [1.54, 1.807) is 17.0 Å². The van der Waals surface area contributed by atoms with Gasteiger partial charge in [-0.3, -0.25) is 9.59 Å². The number of hydrogen-bond donors (Lipinski definition) is 1. The first-order valence-corrected chi connectivity index (χ1v) is 8.99. The van der Waals surface area contributed by atoms with Gasteiger partial charge in [0.2, 0.25) is 23.5 Å². The summed E-state index contributed by atoms with van der Waals surface area (Å²) in [7, 11) is 0. The van der Waals surface area contributed by atoms with Crippen LogP contribution in [-0.4, -0.2) is 34.3 Å². The number of nitrogens with one attached hydrogen (secondary N) is 1. The Labute approximate surface area is 161 Å². The van der Waals surface area contributed by atoms with Crippen molar-refractivity contribution < 1.29 is 23.1 Å². The lowest BCUT2D eigenvalue weighted by Gasteiger charge is -2.22. The summed E-state index contributed by atoms with van der Waals surface area (Å²) in [5.74, 6) is -2.69. The number of aryl methyl sites for hydroxylation is 1. The number of likely N-dealkylation sites (tertiary alicyclic amines) is 1. The molecule has 1 aliphatic heterocycles. The molecule has 2 amide bonds. The van der Waals surface area contributed by atoms with Crippen LogP contribution >= 0.6 is 0 Å². The van der Waals surface area contributed by atoms with Crippen molar-refractivity contribution in [1.82, 2.24) is 15.2 Å². The molecule has 0 unspecified atom stereocenters. The zero-order chi connectivity index (χ0) is 20.3. The Morgan fingerprint density at radius 1 is 1.29 bits per heavy atom. The molecule has 1 saturated heterocycles. The van der Waals surface area contributed by atoms with Crippen LogP contribution < -0.4 is 10.1 Å². The van der Waals surface area contributed by atoms with E-state index in [2.05, 4.69) is 10.3 Å². The Hall–Kier alpha value is -3.03. The van der Waals surface area contributed by atoms with Gasteiger partial charge in [-0.1, -0.05) is 12.1 Å². The minimum absolute atomic E-state index is 0.0693. The third kappa shape index (κ3) is 4.11. The highest BCUT2D eigenvalue weighted by atomic mass is 19.2. The number of halogens is 2. The molecule has 1 aromatic carbocycles. The third-order valence-corrected chi connectivity index (χ3v) is 4.71. The first-order chi connectivity index (χ1) is 13.4. The maximum absolute atomic E-state index is 14.1. The first-order valence-electron chi connectivity index (χ1n) is 8.99. The van der Waals surface area contributed by atoms with Gasteiger partial charge in [0.25, 0.3) is 0 Å². The zero-order valence-corrected chi connectivity index (χ0v) is 15.7. The van der Waals surface area contributed by atoms with E-state index in [1.807, 2.05) is 0 Å². The highest BCUT2D eigenvalue weighted by Gasteiger charge is 2.32. The summed E-state index contributed by atoms with van der Waals surface area (Å²) in [6.07, 6.45) is 2.84. The van der Waals surface area contributed by atoms with Crippen molar-refractivity contribution in [3.63, 3.8) is 0 Å². The van der Waals surface area contributed by atoms with Gasteiger partial charge in [-0.05, 0) is 37.5 Å². The van der Waals surface area contributed by atoms with Gasteiger partial charge in [0, 0.05) is 31.8 Å². The number of carbonyl (C=O) groups is 2. The van der Waals surface area contributed by atoms with E-state index in [9.17, 15) is 18.4 Å². The normalized spacial score (nSPS) is 16.1.